The maximum atomic E-state index is 7.34. The van der Waals surface area contributed by atoms with E-state index in [4.69, 9.17) is 4.74 Å². The molecule has 37 heavy (non-hydrogen) atoms. The maximum Gasteiger partial charge on any atom is 0.134 e. The molecule has 2 rings (SSSR count). The first-order valence-electron chi connectivity index (χ1n) is 14.2. The van der Waals surface area contributed by atoms with Crippen molar-refractivity contribution in [2.75, 3.05) is 0 Å². The molecule has 0 atom stereocenters. The highest BCUT2D eigenvalue weighted by atomic mass is 16.5. The van der Waals surface area contributed by atoms with Crippen LogP contribution in [0.15, 0.2) is 24.3 Å². The number of rotatable bonds is 2. The Balaban J connectivity index is 3.12. The summed E-state index contributed by atoms with van der Waals surface area (Å²) in [5.74, 6) is 2.07. The Labute approximate surface area is 230 Å². The highest BCUT2D eigenvalue weighted by Gasteiger charge is 2.34. The van der Waals surface area contributed by atoms with E-state index in [0.29, 0.717) is 0 Å². The van der Waals surface area contributed by atoms with Crippen molar-refractivity contribution >= 4 is 0 Å². The zero-order valence-electron chi connectivity index (χ0n) is 27.7. The standard InChI is InChI=1S/C36H58O/c1-31(2,3)23-19-25(33(7,8)9)29(26(20-23)34(10,11)12)37-30-27(35(13,14)15)21-24(32(4,5)6)22-28(30)36(16,17)18/h19-22H,1-18H3. The van der Waals surface area contributed by atoms with E-state index < -0.39 is 0 Å². The molecular formula is C36H58O. The molecule has 0 aliphatic carbocycles. The predicted molar refractivity (Wildman–Crippen MR) is 165 cm³/mol. The molecule has 0 saturated carbocycles. The lowest BCUT2D eigenvalue weighted by molar-refractivity contribution is 0.400. The molecule has 0 radical (unpaired) electrons. The third-order valence-corrected chi connectivity index (χ3v) is 7.35. The second kappa shape index (κ2) is 9.46. The summed E-state index contributed by atoms with van der Waals surface area (Å²) in [6.45, 7) is 41.6. The number of benzene rings is 2. The zero-order chi connectivity index (χ0) is 29.2. The van der Waals surface area contributed by atoms with E-state index in [1.807, 2.05) is 0 Å². The summed E-state index contributed by atoms with van der Waals surface area (Å²) in [5, 5.41) is 0. The Bertz CT molecular complexity index is 957. The highest BCUT2D eigenvalue weighted by molar-refractivity contribution is 5.58. The fraction of sp³-hybridized carbons (Fsp3) is 0.667. The topological polar surface area (TPSA) is 9.23 Å². The molecule has 0 heterocycles. The highest BCUT2D eigenvalue weighted by Crippen LogP contribution is 2.49. The van der Waals surface area contributed by atoms with Gasteiger partial charge in [0.1, 0.15) is 11.5 Å². The number of ether oxygens (including phenoxy) is 1. The Kier molecular flexibility index (Phi) is 8.04. The Hall–Kier alpha value is -1.76. The molecule has 0 aliphatic heterocycles. The minimum Gasteiger partial charge on any atom is -0.456 e. The summed E-state index contributed by atoms with van der Waals surface area (Å²) in [7, 11) is 0. The molecule has 0 fully saturated rings. The van der Waals surface area contributed by atoms with Gasteiger partial charge < -0.3 is 4.74 Å². The van der Waals surface area contributed by atoms with Crippen LogP contribution in [0.25, 0.3) is 0 Å². The zero-order valence-corrected chi connectivity index (χ0v) is 27.7. The van der Waals surface area contributed by atoms with Gasteiger partial charge in [0.2, 0.25) is 0 Å². The van der Waals surface area contributed by atoms with Crippen LogP contribution in [0.3, 0.4) is 0 Å². The summed E-state index contributed by atoms with van der Waals surface area (Å²) in [4.78, 5) is 0. The average molecular weight is 507 g/mol. The molecule has 0 aliphatic rings. The molecule has 2 aromatic carbocycles. The Morgan fingerprint density at radius 3 is 0.649 bits per heavy atom. The van der Waals surface area contributed by atoms with Gasteiger partial charge in [-0.25, -0.2) is 0 Å². The monoisotopic (exact) mass is 506 g/mol. The van der Waals surface area contributed by atoms with Gasteiger partial charge in [0.25, 0.3) is 0 Å². The van der Waals surface area contributed by atoms with E-state index in [1.54, 1.807) is 0 Å². The molecule has 0 bridgehead atoms. The molecular weight excluding hydrogens is 448 g/mol. The smallest absolute Gasteiger partial charge is 0.134 e. The molecule has 0 saturated heterocycles. The normalized spacial score (nSPS) is 14.2. The first-order chi connectivity index (χ1) is 16.1. The van der Waals surface area contributed by atoms with Crippen molar-refractivity contribution < 1.29 is 4.74 Å². The summed E-state index contributed by atoms with van der Waals surface area (Å²) in [5.41, 5.74) is 7.72. The molecule has 1 nitrogen and oxygen atoms in total. The van der Waals surface area contributed by atoms with E-state index >= 15 is 0 Å². The first kappa shape index (κ1) is 31.5. The molecule has 1 heteroatoms. The fourth-order valence-electron chi connectivity index (χ4n) is 4.67. The summed E-state index contributed by atoms with van der Waals surface area (Å²) in [6.07, 6.45) is 0. The largest absolute Gasteiger partial charge is 0.456 e. The third-order valence-electron chi connectivity index (χ3n) is 7.35. The van der Waals surface area contributed by atoms with Gasteiger partial charge >= 0.3 is 0 Å². The molecule has 0 unspecified atom stereocenters. The van der Waals surface area contributed by atoms with Gasteiger partial charge in [-0.05, 0) is 43.6 Å². The van der Waals surface area contributed by atoms with Gasteiger partial charge in [-0.3, -0.25) is 0 Å². The lowest BCUT2D eigenvalue weighted by atomic mass is 9.74. The Morgan fingerprint density at radius 2 is 0.514 bits per heavy atom. The van der Waals surface area contributed by atoms with Crippen LogP contribution in [0, 0.1) is 0 Å². The molecule has 0 amide bonds. The quantitative estimate of drug-likeness (QED) is 0.393. The van der Waals surface area contributed by atoms with Gasteiger partial charge in [-0.2, -0.15) is 0 Å². The fourth-order valence-corrected chi connectivity index (χ4v) is 4.67. The van der Waals surface area contributed by atoms with Crippen molar-refractivity contribution in [1.82, 2.24) is 0 Å². The SMILES string of the molecule is CC(C)(C)c1cc(C(C)(C)C)c(Oc2c(C(C)(C)C)cc(C(C)(C)C)cc2C(C)(C)C)c(C(C)(C)C)c1. The molecule has 208 valence electrons. The van der Waals surface area contributed by atoms with Crippen LogP contribution in [-0.4, -0.2) is 0 Å². The van der Waals surface area contributed by atoms with Crippen LogP contribution in [-0.2, 0) is 32.5 Å². The van der Waals surface area contributed by atoms with E-state index in [9.17, 15) is 0 Å². The molecule has 0 aromatic heterocycles. The van der Waals surface area contributed by atoms with Gasteiger partial charge in [0.15, 0.2) is 0 Å². The van der Waals surface area contributed by atoms with Crippen molar-refractivity contribution in [2.24, 2.45) is 0 Å². The van der Waals surface area contributed by atoms with Crippen molar-refractivity contribution in [3.63, 3.8) is 0 Å². The minimum absolute atomic E-state index is 0.0556. The van der Waals surface area contributed by atoms with Gasteiger partial charge in [0, 0.05) is 22.3 Å². The lowest BCUT2D eigenvalue weighted by Crippen LogP contribution is -2.25. The van der Waals surface area contributed by atoms with Crippen LogP contribution in [0.1, 0.15) is 158 Å². The van der Waals surface area contributed by atoms with Crippen molar-refractivity contribution in [3.8, 4) is 11.5 Å². The van der Waals surface area contributed by atoms with Crippen LogP contribution in [0.5, 0.6) is 11.5 Å². The maximum absolute atomic E-state index is 7.34. The predicted octanol–water partition coefficient (Wildman–Crippen LogP) is 11.3. The summed E-state index contributed by atoms with van der Waals surface area (Å²) < 4.78 is 7.34. The average Bonchev–Trinajstić information content (AvgIpc) is 2.62. The van der Waals surface area contributed by atoms with Crippen LogP contribution < -0.4 is 4.74 Å². The van der Waals surface area contributed by atoms with Crippen LogP contribution >= 0.6 is 0 Å². The van der Waals surface area contributed by atoms with Gasteiger partial charge in [0.05, 0.1) is 0 Å². The second-order valence-corrected chi connectivity index (χ2v) is 17.4. The molecule has 2 aromatic rings. The van der Waals surface area contributed by atoms with Crippen LogP contribution in [0.4, 0.5) is 0 Å². The van der Waals surface area contributed by atoms with Crippen molar-refractivity contribution in [1.29, 1.82) is 0 Å². The summed E-state index contributed by atoms with van der Waals surface area (Å²) >= 11 is 0. The number of hydrogen-bond acceptors (Lipinski definition) is 1. The molecule has 0 spiro atoms. The molecule has 0 N–H and O–H groups in total. The van der Waals surface area contributed by atoms with Crippen molar-refractivity contribution in [2.45, 2.75) is 157 Å². The van der Waals surface area contributed by atoms with Gasteiger partial charge in [-0.15, -0.1) is 0 Å². The first-order valence-corrected chi connectivity index (χ1v) is 14.2. The van der Waals surface area contributed by atoms with Gasteiger partial charge in [-0.1, -0.05) is 149 Å². The second-order valence-electron chi connectivity index (χ2n) is 17.4. The third kappa shape index (κ3) is 7.21. The van der Waals surface area contributed by atoms with E-state index in [1.165, 1.54) is 33.4 Å². The van der Waals surface area contributed by atoms with Crippen molar-refractivity contribution in [3.05, 3.63) is 57.6 Å². The minimum atomic E-state index is -0.0638. The summed E-state index contributed by atoms with van der Waals surface area (Å²) in [6, 6.07) is 9.62. The van der Waals surface area contributed by atoms with E-state index in [2.05, 4.69) is 149 Å². The van der Waals surface area contributed by atoms with E-state index in [-0.39, 0.29) is 32.5 Å². The number of hydrogen-bond donors (Lipinski definition) is 0. The van der Waals surface area contributed by atoms with Crippen LogP contribution in [0.2, 0.25) is 0 Å². The Morgan fingerprint density at radius 1 is 0.324 bits per heavy atom. The lowest BCUT2D eigenvalue weighted by Gasteiger charge is -2.36. The van der Waals surface area contributed by atoms with E-state index in [0.717, 1.165) is 11.5 Å².